The average molecular weight is 367 g/mol. The van der Waals surface area contributed by atoms with E-state index < -0.39 is 5.78 Å². The molecule has 5 nitrogen and oxygen atoms in total. The van der Waals surface area contributed by atoms with Crippen molar-refractivity contribution in [1.82, 2.24) is 4.57 Å². The van der Waals surface area contributed by atoms with Crippen LogP contribution in [-0.2, 0) is 13.0 Å². The Labute approximate surface area is 155 Å². The molecular weight excluding hydrogens is 349 g/mol. The van der Waals surface area contributed by atoms with Gasteiger partial charge in [-0.05, 0) is 36.2 Å². The highest BCUT2D eigenvalue weighted by molar-refractivity contribution is 6.10. The Hall–Kier alpha value is -3.41. The molecule has 0 aliphatic heterocycles. The highest BCUT2D eigenvalue weighted by Crippen LogP contribution is 2.25. The molecule has 1 heterocycles. The molecule has 0 bridgehead atoms. The third-order valence-corrected chi connectivity index (χ3v) is 4.28. The number of pyridine rings is 1. The van der Waals surface area contributed by atoms with Crippen molar-refractivity contribution in [3.63, 3.8) is 0 Å². The third-order valence-electron chi connectivity index (χ3n) is 4.28. The molecule has 0 atom stereocenters. The molecular formula is C21H18FNO4. The third kappa shape index (κ3) is 4.06. The molecule has 0 saturated carbocycles. The largest absolute Gasteiger partial charge is 0.507 e. The molecule has 1 aromatic heterocycles. The lowest BCUT2D eigenvalue weighted by molar-refractivity contribution is 0.103. The normalized spacial score (nSPS) is 10.6. The molecule has 3 rings (SSSR count). The van der Waals surface area contributed by atoms with Crippen LogP contribution in [0.3, 0.4) is 0 Å². The van der Waals surface area contributed by atoms with Gasteiger partial charge in [-0.3, -0.25) is 9.59 Å². The number of ether oxygens (including phenoxy) is 1. The SMILES string of the molecule is COc1ccc(C(=O)c2ccc(=O)n(CCc3ccccc3F)c2)c(O)c1. The minimum absolute atomic E-state index is 0.107. The number of ketones is 1. The summed E-state index contributed by atoms with van der Waals surface area (Å²) in [5.41, 5.74) is 0.564. The summed E-state index contributed by atoms with van der Waals surface area (Å²) in [6.45, 7) is 0.232. The first-order valence-corrected chi connectivity index (χ1v) is 8.35. The van der Waals surface area contributed by atoms with E-state index in [0.29, 0.717) is 17.7 Å². The highest BCUT2D eigenvalue weighted by atomic mass is 19.1. The second kappa shape index (κ2) is 7.86. The van der Waals surface area contributed by atoms with Gasteiger partial charge in [-0.25, -0.2) is 4.39 Å². The van der Waals surface area contributed by atoms with Crippen LogP contribution in [0.2, 0.25) is 0 Å². The van der Waals surface area contributed by atoms with Gasteiger partial charge < -0.3 is 14.4 Å². The van der Waals surface area contributed by atoms with Crippen LogP contribution in [0.5, 0.6) is 11.5 Å². The summed E-state index contributed by atoms with van der Waals surface area (Å²) >= 11 is 0. The number of aryl methyl sites for hydroxylation is 2. The van der Waals surface area contributed by atoms with Gasteiger partial charge in [0.15, 0.2) is 5.78 Å². The number of benzene rings is 2. The van der Waals surface area contributed by atoms with E-state index in [1.165, 1.54) is 48.2 Å². The van der Waals surface area contributed by atoms with Crippen molar-refractivity contribution >= 4 is 5.78 Å². The van der Waals surface area contributed by atoms with Crippen molar-refractivity contribution in [2.45, 2.75) is 13.0 Å². The van der Waals surface area contributed by atoms with Gasteiger partial charge in [0.05, 0.1) is 12.7 Å². The first-order valence-electron chi connectivity index (χ1n) is 8.35. The monoisotopic (exact) mass is 367 g/mol. The molecule has 138 valence electrons. The smallest absolute Gasteiger partial charge is 0.250 e. The lowest BCUT2D eigenvalue weighted by atomic mass is 10.0. The van der Waals surface area contributed by atoms with Crippen LogP contribution >= 0.6 is 0 Å². The number of aromatic nitrogens is 1. The number of carbonyl (C=O) groups is 1. The quantitative estimate of drug-likeness (QED) is 0.680. The van der Waals surface area contributed by atoms with Gasteiger partial charge in [0, 0.05) is 30.4 Å². The van der Waals surface area contributed by atoms with E-state index in [2.05, 4.69) is 0 Å². The summed E-state index contributed by atoms with van der Waals surface area (Å²) in [5, 5.41) is 10.0. The molecule has 2 aromatic carbocycles. The molecule has 0 radical (unpaired) electrons. The van der Waals surface area contributed by atoms with Crippen molar-refractivity contribution in [1.29, 1.82) is 0 Å². The molecule has 0 aliphatic rings. The van der Waals surface area contributed by atoms with E-state index >= 15 is 0 Å². The van der Waals surface area contributed by atoms with Crippen LogP contribution in [0, 0.1) is 5.82 Å². The fraction of sp³-hybridized carbons (Fsp3) is 0.143. The average Bonchev–Trinajstić information content (AvgIpc) is 2.67. The zero-order chi connectivity index (χ0) is 19.4. The van der Waals surface area contributed by atoms with Crippen molar-refractivity contribution in [3.05, 3.63) is 93.7 Å². The number of phenolic OH excluding ortho intramolecular Hbond substituents is 1. The maximum Gasteiger partial charge on any atom is 0.250 e. The van der Waals surface area contributed by atoms with Crippen LogP contribution in [-0.4, -0.2) is 22.6 Å². The van der Waals surface area contributed by atoms with Crippen molar-refractivity contribution in [2.75, 3.05) is 7.11 Å². The topological polar surface area (TPSA) is 68.5 Å². The van der Waals surface area contributed by atoms with Crippen molar-refractivity contribution in [2.24, 2.45) is 0 Å². The van der Waals surface area contributed by atoms with Gasteiger partial charge in [-0.2, -0.15) is 0 Å². The summed E-state index contributed by atoms with van der Waals surface area (Å²) in [6, 6.07) is 13.4. The predicted molar refractivity (Wildman–Crippen MR) is 98.9 cm³/mol. The van der Waals surface area contributed by atoms with E-state index in [0.717, 1.165) is 0 Å². The Bertz CT molecular complexity index is 1040. The van der Waals surface area contributed by atoms with Gasteiger partial charge in [0.2, 0.25) is 0 Å². The number of hydrogen-bond donors (Lipinski definition) is 1. The predicted octanol–water partition coefficient (Wildman–Crippen LogP) is 3.18. The number of hydrogen-bond acceptors (Lipinski definition) is 4. The number of phenols is 1. The van der Waals surface area contributed by atoms with Gasteiger partial charge in [-0.1, -0.05) is 18.2 Å². The Morgan fingerprint density at radius 2 is 1.93 bits per heavy atom. The van der Waals surface area contributed by atoms with Crippen molar-refractivity contribution in [3.8, 4) is 11.5 Å². The van der Waals surface area contributed by atoms with Crippen LogP contribution in [0.4, 0.5) is 4.39 Å². The maximum atomic E-state index is 13.7. The minimum Gasteiger partial charge on any atom is -0.507 e. The number of nitrogens with zero attached hydrogens (tertiary/aromatic N) is 1. The summed E-state index contributed by atoms with van der Waals surface area (Å²) in [4.78, 5) is 24.8. The van der Waals surface area contributed by atoms with E-state index in [9.17, 15) is 19.1 Å². The first-order chi connectivity index (χ1) is 13.0. The molecule has 0 saturated heterocycles. The molecule has 1 N–H and O–H groups in total. The zero-order valence-corrected chi connectivity index (χ0v) is 14.7. The minimum atomic E-state index is -0.421. The molecule has 3 aromatic rings. The maximum absolute atomic E-state index is 13.7. The molecule has 0 unspecified atom stereocenters. The fourth-order valence-corrected chi connectivity index (χ4v) is 2.77. The zero-order valence-electron chi connectivity index (χ0n) is 14.7. The van der Waals surface area contributed by atoms with Crippen LogP contribution < -0.4 is 10.3 Å². The summed E-state index contributed by atoms with van der Waals surface area (Å²) in [5.74, 6) is -0.530. The standard InChI is InChI=1S/C21H18FNO4/c1-27-16-7-8-17(19(24)12-16)21(26)15-6-9-20(25)23(13-15)11-10-14-4-2-3-5-18(14)22/h2-9,12-13,24H,10-11H2,1H3. The number of halogens is 1. The van der Waals surface area contributed by atoms with Crippen LogP contribution in [0.1, 0.15) is 21.5 Å². The van der Waals surface area contributed by atoms with Gasteiger partial charge in [0.25, 0.3) is 5.56 Å². The second-order valence-corrected chi connectivity index (χ2v) is 6.00. The Balaban J connectivity index is 1.85. The number of carbonyl (C=O) groups excluding carboxylic acids is 1. The van der Waals surface area contributed by atoms with Gasteiger partial charge in [0.1, 0.15) is 17.3 Å². The molecule has 27 heavy (non-hydrogen) atoms. The summed E-state index contributed by atoms with van der Waals surface area (Å²) < 4.78 is 20.1. The lowest BCUT2D eigenvalue weighted by Gasteiger charge is -2.10. The molecule has 0 amide bonds. The van der Waals surface area contributed by atoms with E-state index in [4.69, 9.17) is 4.74 Å². The van der Waals surface area contributed by atoms with Crippen molar-refractivity contribution < 1.29 is 19.0 Å². The summed E-state index contributed by atoms with van der Waals surface area (Å²) in [7, 11) is 1.46. The van der Waals surface area contributed by atoms with E-state index in [1.54, 1.807) is 24.3 Å². The molecule has 6 heteroatoms. The van der Waals surface area contributed by atoms with E-state index in [1.807, 2.05) is 0 Å². The fourth-order valence-electron chi connectivity index (χ4n) is 2.77. The molecule has 0 aliphatic carbocycles. The highest BCUT2D eigenvalue weighted by Gasteiger charge is 2.15. The Kier molecular flexibility index (Phi) is 5.35. The van der Waals surface area contributed by atoms with E-state index in [-0.39, 0.29) is 34.8 Å². The number of aromatic hydroxyl groups is 1. The number of rotatable bonds is 6. The Morgan fingerprint density at radius 3 is 2.63 bits per heavy atom. The number of methoxy groups -OCH3 is 1. The lowest BCUT2D eigenvalue weighted by Crippen LogP contribution is -2.21. The Morgan fingerprint density at radius 1 is 1.15 bits per heavy atom. The van der Waals surface area contributed by atoms with Gasteiger partial charge in [-0.15, -0.1) is 0 Å². The molecule has 0 fully saturated rings. The van der Waals surface area contributed by atoms with Crippen LogP contribution in [0.25, 0.3) is 0 Å². The second-order valence-electron chi connectivity index (χ2n) is 6.00. The summed E-state index contributed by atoms with van der Waals surface area (Å²) in [6.07, 6.45) is 1.74. The first kappa shape index (κ1) is 18.4. The molecule has 0 spiro atoms. The van der Waals surface area contributed by atoms with Gasteiger partial charge >= 0.3 is 0 Å². The van der Waals surface area contributed by atoms with Crippen LogP contribution in [0.15, 0.2) is 65.6 Å².